The van der Waals surface area contributed by atoms with E-state index in [1.807, 2.05) is 72.5 Å². The summed E-state index contributed by atoms with van der Waals surface area (Å²) in [6.07, 6.45) is 0.796. The molecule has 1 aliphatic rings. The number of ether oxygens (including phenoxy) is 2. The summed E-state index contributed by atoms with van der Waals surface area (Å²) in [6, 6.07) is 22.3. The van der Waals surface area contributed by atoms with Gasteiger partial charge in [0.25, 0.3) is 5.91 Å². The van der Waals surface area contributed by atoms with Gasteiger partial charge in [-0.3, -0.25) is 4.79 Å². The van der Waals surface area contributed by atoms with Crippen LogP contribution in [0.4, 0.5) is 0 Å². The Labute approximate surface area is 193 Å². The summed E-state index contributed by atoms with van der Waals surface area (Å²) in [5, 5.41) is 3.88. The van der Waals surface area contributed by atoms with Crippen molar-refractivity contribution in [3.8, 4) is 17.2 Å². The van der Waals surface area contributed by atoms with Crippen LogP contribution in [0.5, 0.6) is 17.2 Å². The number of hydrogen-bond donors (Lipinski definition) is 1. The Balaban J connectivity index is 1.38. The van der Waals surface area contributed by atoms with Crippen molar-refractivity contribution in [3.63, 3.8) is 0 Å². The van der Waals surface area contributed by atoms with E-state index in [0.29, 0.717) is 46.8 Å². The summed E-state index contributed by atoms with van der Waals surface area (Å²) in [7, 11) is 0. The molecule has 0 radical (unpaired) electrons. The molecule has 0 saturated carbocycles. The highest BCUT2D eigenvalue weighted by Gasteiger charge is 2.29. The molecule has 0 spiro atoms. The molecule has 5 nitrogen and oxygen atoms in total. The zero-order valence-corrected chi connectivity index (χ0v) is 18.6. The Hall–Kier alpha value is -3.44. The first-order valence-electron chi connectivity index (χ1n) is 10.5. The summed E-state index contributed by atoms with van der Waals surface area (Å²) in [5.74, 6) is 2.27. The van der Waals surface area contributed by atoms with E-state index in [0.717, 1.165) is 12.0 Å². The quantitative estimate of drug-likeness (QED) is 0.464. The van der Waals surface area contributed by atoms with Crippen LogP contribution in [0.15, 0.2) is 85.3 Å². The van der Waals surface area contributed by atoms with Gasteiger partial charge in [0.2, 0.25) is 0 Å². The minimum absolute atomic E-state index is 0.0492. The van der Waals surface area contributed by atoms with Crippen LogP contribution in [0.1, 0.15) is 22.3 Å². The van der Waals surface area contributed by atoms with Gasteiger partial charge in [0.05, 0.1) is 5.56 Å². The normalized spacial score (nSPS) is 15.3. The lowest BCUT2D eigenvalue weighted by molar-refractivity contribution is 0.0786. The van der Waals surface area contributed by atoms with Crippen LogP contribution in [-0.4, -0.2) is 29.9 Å². The second-order valence-corrected chi connectivity index (χ2v) is 8.16. The monoisotopic (exact) mass is 448 g/mol. The van der Waals surface area contributed by atoms with Crippen molar-refractivity contribution in [2.24, 2.45) is 0 Å². The molecule has 1 atom stereocenters. The number of nitrogens with one attached hydrogen (secondary N) is 1. The van der Waals surface area contributed by atoms with Crippen molar-refractivity contribution in [2.45, 2.75) is 19.4 Å². The molecule has 3 aromatic carbocycles. The number of hydrogen-bond acceptors (Lipinski definition) is 4. The van der Waals surface area contributed by atoms with Crippen molar-refractivity contribution in [3.05, 3.63) is 101 Å². The maximum atomic E-state index is 13.2. The number of nitrogens with zero attached hydrogens (tertiary/aromatic N) is 1. The second kappa shape index (κ2) is 9.79. The number of aryl methyl sites for hydroxylation is 1. The summed E-state index contributed by atoms with van der Waals surface area (Å²) < 4.78 is 11.8. The summed E-state index contributed by atoms with van der Waals surface area (Å²) >= 11 is 6.06. The molecule has 32 heavy (non-hydrogen) atoms. The highest BCUT2D eigenvalue weighted by molar-refractivity contribution is 6.30. The molecule has 1 fully saturated rings. The Morgan fingerprint density at radius 2 is 1.81 bits per heavy atom. The summed E-state index contributed by atoms with van der Waals surface area (Å²) in [6.45, 7) is 7.11. The average molecular weight is 449 g/mol. The van der Waals surface area contributed by atoms with Crippen molar-refractivity contribution in [2.75, 3.05) is 13.1 Å². The number of carbonyl (C=O) groups is 1. The van der Waals surface area contributed by atoms with Crippen molar-refractivity contribution >= 4 is 17.5 Å². The van der Waals surface area contributed by atoms with E-state index in [4.69, 9.17) is 21.1 Å². The lowest BCUT2D eigenvalue weighted by atomic mass is 10.1. The topological polar surface area (TPSA) is 50.8 Å². The Kier molecular flexibility index (Phi) is 6.66. The molecule has 3 aromatic rings. The molecule has 0 aromatic heterocycles. The first-order valence-corrected chi connectivity index (χ1v) is 10.9. The highest BCUT2D eigenvalue weighted by atomic mass is 35.5. The third kappa shape index (κ3) is 5.24. The number of rotatable bonds is 7. The van der Waals surface area contributed by atoms with Crippen molar-refractivity contribution in [1.29, 1.82) is 0 Å². The van der Waals surface area contributed by atoms with E-state index >= 15 is 0 Å². The molecular weight excluding hydrogens is 424 g/mol. The first kappa shape index (κ1) is 21.8. The Morgan fingerprint density at radius 1 is 1.06 bits per heavy atom. The maximum absolute atomic E-state index is 13.2. The molecule has 1 aliphatic heterocycles. The van der Waals surface area contributed by atoms with E-state index in [-0.39, 0.29) is 11.9 Å². The van der Waals surface area contributed by atoms with Crippen LogP contribution in [0, 0.1) is 6.92 Å². The van der Waals surface area contributed by atoms with Crippen LogP contribution in [-0.2, 0) is 0 Å². The smallest absolute Gasteiger partial charge is 0.257 e. The molecule has 1 heterocycles. The lowest BCUT2D eigenvalue weighted by Gasteiger charge is -2.20. The van der Waals surface area contributed by atoms with E-state index in [1.165, 1.54) is 0 Å². The molecule has 4 rings (SSSR count). The van der Waals surface area contributed by atoms with Crippen molar-refractivity contribution in [1.82, 2.24) is 10.2 Å². The van der Waals surface area contributed by atoms with Gasteiger partial charge in [0.15, 0.2) is 5.88 Å². The molecule has 0 aliphatic carbocycles. The number of para-hydroxylation sites is 2. The molecule has 1 saturated heterocycles. The largest absolute Gasteiger partial charge is 0.457 e. The fraction of sp³-hybridized carbons (Fsp3) is 0.192. The minimum atomic E-state index is -0.0574. The van der Waals surface area contributed by atoms with E-state index < -0.39 is 0 Å². The van der Waals surface area contributed by atoms with Gasteiger partial charge in [0.1, 0.15) is 17.2 Å². The number of amides is 1. The van der Waals surface area contributed by atoms with E-state index in [9.17, 15) is 4.79 Å². The number of benzene rings is 3. The van der Waals surface area contributed by atoms with Crippen LogP contribution in [0.25, 0.3) is 0 Å². The molecule has 0 bridgehead atoms. The van der Waals surface area contributed by atoms with Gasteiger partial charge in [-0.05, 0) is 61.9 Å². The van der Waals surface area contributed by atoms with E-state index in [1.54, 1.807) is 12.1 Å². The zero-order chi connectivity index (χ0) is 22.5. The van der Waals surface area contributed by atoms with E-state index in [2.05, 4.69) is 11.9 Å². The zero-order valence-electron chi connectivity index (χ0n) is 17.9. The lowest BCUT2D eigenvalue weighted by Crippen LogP contribution is -2.35. The number of likely N-dealkylation sites (tertiary alicyclic amines) is 1. The highest BCUT2D eigenvalue weighted by Crippen LogP contribution is 2.28. The second-order valence-electron chi connectivity index (χ2n) is 7.73. The Bertz CT molecular complexity index is 1120. The third-order valence-electron chi connectivity index (χ3n) is 5.31. The van der Waals surface area contributed by atoms with Gasteiger partial charge in [-0.15, -0.1) is 0 Å². The molecule has 1 N–H and O–H groups in total. The summed E-state index contributed by atoms with van der Waals surface area (Å²) in [5.41, 5.74) is 1.51. The first-order chi connectivity index (χ1) is 15.5. The van der Waals surface area contributed by atoms with Gasteiger partial charge in [-0.25, -0.2) is 0 Å². The predicted molar refractivity (Wildman–Crippen MR) is 126 cm³/mol. The number of carbonyl (C=O) groups excluding carboxylic acids is 1. The molecule has 164 valence electrons. The van der Waals surface area contributed by atoms with Crippen molar-refractivity contribution < 1.29 is 14.3 Å². The predicted octanol–water partition coefficient (Wildman–Crippen LogP) is 5.80. The summed E-state index contributed by atoms with van der Waals surface area (Å²) in [4.78, 5) is 15.0. The molecule has 1 amide bonds. The van der Waals surface area contributed by atoms with Crippen LogP contribution >= 0.6 is 11.6 Å². The van der Waals surface area contributed by atoms with Crippen LogP contribution in [0.2, 0.25) is 5.02 Å². The van der Waals surface area contributed by atoms with Gasteiger partial charge in [-0.2, -0.15) is 0 Å². The van der Waals surface area contributed by atoms with Gasteiger partial charge < -0.3 is 19.7 Å². The van der Waals surface area contributed by atoms with Gasteiger partial charge >= 0.3 is 0 Å². The molecular formula is C26H25ClN2O3. The van der Waals surface area contributed by atoms with Crippen LogP contribution < -0.4 is 14.8 Å². The standard InChI is InChI=1S/C26H25ClN2O3/c1-18-12-13-20(27)16-25(18)31-19(2)28-21-14-15-29(17-21)26(30)23-10-6-7-11-24(23)32-22-8-4-3-5-9-22/h3-13,16,21,28H,2,14-15,17H2,1H3. The Morgan fingerprint density at radius 3 is 2.62 bits per heavy atom. The molecule has 1 unspecified atom stereocenters. The minimum Gasteiger partial charge on any atom is -0.457 e. The van der Waals surface area contributed by atoms with Gasteiger partial charge in [-0.1, -0.05) is 48.0 Å². The maximum Gasteiger partial charge on any atom is 0.257 e. The van der Waals surface area contributed by atoms with Gasteiger partial charge in [0, 0.05) is 24.2 Å². The SMILES string of the molecule is C=C(NC1CCN(C(=O)c2ccccc2Oc2ccccc2)C1)Oc1cc(Cl)ccc1C. The van der Waals surface area contributed by atoms with Crippen LogP contribution in [0.3, 0.4) is 0 Å². The fourth-order valence-electron chi connectivity index (χ4n) is 3.65. The number of halogens is 1. The third-order valence-corrected chi connectivity index (χ3v) is 5.55. The fourth-order valence-corrected chi connectivity index (χ4v) is 3.82. The molecule has 6 heteroatoms. The average Bonchev–Trinajstić information content (AvgIpc) is 3.25.